The second kappa shape index (κ2) is 7.91. The van der Waals surface area contributed by atoms with Gasteiger partial charge in [-0.1, -0.05) is 12.1 Å². The minimum atomic E-state index is -0.0873. The van der Waals surface area contributed by atoms with Crippen molar-refractivity contribution in [3.8, 4) is 11.8 Å². The lowest BCUT2D eigenvalue weighted by Crippen LogP contribution is -2.44. The maximum atomic E-state index is 12.3. The third-order valence-corrected chi connectivity index (χ3v) is 4.18. The van der Waals surface area contributed by atoms with Gasteiger partial charge in [-0.25, -0.2) is 4.79 Å². The Morgan fingerprint density at radius 2 is 2.12 bits per heavy atom. The monoisotopic (exact) mass is 353 g/mol. The Bertz CT molecular complexity index is 804. The van der Waals surface area contributed by atoms with E-state index in [4.69, 9.17) is 10.00 Å². The fraction of sp³-hybridized carbons (Fsp3) is 0.421. The Morgan fingerprint density at radius 1 is 1.35 bits per heavy atom. The fourth-order valence-electron chi connectivity index (χ4n) is 2.93. The van der Waals surface area contributed by atoms with Crippen LogP contribution >= 0.6 is 0 Å². The number of fused-ring (bicyclic) bond motifs is 1. The van der Waals surface area contributed by atoms with Gasteiger partial charge in [0.1, 0.15) is 11.8 Å². The molecule has 0 bridgehead atoms. The van der Waals surface area contributed by atoms with Crippen LogP contribution in [0, 0.1) is 11.3 Å². The molecule has 2 aromatic rings. The molecule has 7 heteroatoms. The van der Waals surface area contributed by atoms with Crippen LogP contribution in [0.2, 0.25) is 0 Å². The summed E-state index contributed by atoms with van der Waals surface area (Å²) >= 11 is 0. The third-order valence-electron chi connectivity index (χ3n) is 4.18. The summed E-state index contributed by atoms with van der Waals surface area (Å²) in [4.78, 5) is 14.1. The van der Waals surface area contributed by atoms with Crippen molar-refractivity contribution in [1.29, 1.82) is 5.26 Å². The van der Waals surface area contributed by atoms with Gasteiger partial charge in [-0.15, -0.1) is 0 Å². The van der Waals surface area contributed by atoms with Gasteiger partial charge in [-0.3, -0.25) is 4.68 Å². The summed E-state index contributed by atoms with van der Waals surface area (Å²) in [5.74, 6) is 0.856. The van der Waals surface area contributed by atoms with E-state index in [0.717, 1.165) is 23.4 Å². The summed E-state index contributed by atoms with van der Waals surface area (Å²) in [6.07, 6.45) is 0.920. The number of hydrogen-bond donors (Lipinski definition) is 1. The largest absolute Gasteiger partial charge is 0.491 e. The van der Waals surface area contributed by atoms with Crippen LogP contribution < -0.4 is 10.1 Å². The van der Waals surface area contributed by atoms with Gasteiger partial charge in [-0.2, -0.15) is 10.4 Å². The molecule has 0 radical (unpaired) electrons. The first-order chi connectivity index (χ1) is 12.5. The molecular formula is C19H23N5O2. The zero-order valence-corrected chi connectivity index (χ0v) is 15.1. The first kappa shape index (κ1) is 17.8. The van der Waals surface area contributed by atoms with Crippen LogP contribution in [-0.4, -0.2) is 39.9 Å². The summed E-state index contributed by atoms with van der Waals surface area (Å²) in [5.41, 5.74) is 2.44. The normalized spacial score (nSPS) is 13.2. The van der Waals surface area contributed by atoms with Crippen LogP contribution in [0.25, 0.3) is 0 Å². The summed E-state index contributed by atoms with van der Waals surface area (Å²) in [6, 6.07) is 11.6. The van der Waals surface area contributed by atoms with Crippen LogP contribution in [0.5, 0.6) is 5.75 Å². The van der Waals surface area contributed by atoms with Crippen molar-refractivity contribution in [2.75, 3.05) is 13.1 Å². The molecule has 0 spiro atoms. The van der Waals surface area contributed by atoms with Gasteiger partial charge in [0.2, 0.25) is 0 Å². The molecule has 1 N–H and O–H groups in total. The Labute approximate surface area is 153 Å². The highest BCUT2D eigenvalue weighted by Crippen LogP contribution is 2.15. The quantitative estimate of drug-likeness (QED) is 0.894. The van der Waals surface area contributed by atoms with Crippen molar-refractivity contribution < 1.29 is 9.53 Å². The number of carbonyl (C=O) groups excluding carboxylic acids is 1. The predicted octanol–water partition coefficient (Wildman–Crippen LogP) is 2.31. The Hall–Kier alpha value is -3.01. The zero-order valence-electron chi connectivity index (χ0n) is 15.1. The van der Waals surface area contributed by atoms with Gasteiger partial charge in [0, 0.05) is 13.1 Å². The van der Waals surface area contributed by atoms with E-state index in [9.17, 15) is 4.79 Å². The SMILES string of the molecule is CC(C)Oc1ccc(CCNC(=O)N2CCn3nc(C#N)cc3C2)cc1. The van der Waals surface area contributed by atoms with Gasteiger partial charge in [0.15, 0.2) is 5.69 Å². The molecule has 7 nitrogen and oxygen atoms in total. The molecule has 2 amide bonds. The van der Waals surface area contributed by atoms with Crippen molar-refractivity contribution in [1.82, 2.24) is 20.0 Å². The second-order valence-corrected chi connectivity index (χ2v) is 6.57. The molecule has 0 unspecified atom stereocenters. The van der Waals surface area contributed by atoms with Gasteiger partial charge >= 0.3 is 6.03 Å². The Morgan fingerprint density at radius 3 is 2.81 bits per heavy atom. The number of carbonyl (C=O) groups is 1. The fourth-order valence-corrected chi connectivity index (χ4v) is 2.93. The summed E-state index contributed by atoms with van der Waals surface area (Å²) in [5, 5.41) is 16.1. The minimum Gasteiger partial charge on any atom is -0.491 e. The van der Waals surface area contributed by atoms with Crippen molar-refractivity contribution in [2.24, 2.45) is 0 Å². The number of rotatable bonds is 5. The number of hydrogen-bond acceptors (Lipinski definition) is 4. The molecule has 26 heavy (non-hydrogen) atoms. The van der Waals surface area contributed by atoms with Gasteiger partial charge < -0.3 is 15.0 Å². The number of urea groups is 1. The molecule has 1 aliphatic heterocycles. The van der Waals surface area contributed by atoms with E-state index in [2.05, 4.69) is 10.4 Å². The van der Waals surface area contributed by atoms with Gasteiger partial charge in [0.25, 0.3) is 0 Å². The summed E-state index contributed by atoms with van der Waals surface area (Å²) in [7, 11) is 0. The predicted molar refractivity (Wildman–Crippen MR) is 96.7 cm³/mol. The van der Waals surface area contributed by atoms with Crippen LogP contribution in [0.4, 0.5) is 4.79 Å². The number of nitrogens with zero attached hydrogens (tertiary/aromatic N) is 4. The van der Waals surface area contributed by atoms with Crippen molar-refractivity contribution in [3.63, 3.8) is 0 Å². The zero-order chi connectivity index (χ0) is 18.5. The van der Waals surface area contributed by atoms with Crippen LogP contribution in [0.3, 0.4) is 0 Å². The number of ether oxygens (including phenoxy) is 1. The Balaban J connectivity index is 1.46. The van der Waals surface area contributed by atoms with Crippen LogP contribution in [0.1, 0.15) is 30.8 Å². The maximum absolute atomic E-state index is 12.3. The lowest BCUT2D eigenvalue weighted by atomic mass is 10.1. The first-order valence-electron chi connectivity index (χ1n) is 8.80. The molecule has 0 saturated heterocycles. The van der Waals surface area contributed by atoms with E-state index in [1.807, 2.05) is 44.2 Å². The molecule has 2 heterocycles. The van der Waals surface area contributed by atoms with E-state index in [1.165, 1.54) is 0 Å². The maximum Gasteiger partial charge on any atom is 0.317 e. The molecule has 3 rings (SSSR count). The van der Waals surface area contributed by atoms with Crippen molar-refractivity contribution in [2.45, 2.75) is 39.5 Å². The molecular weight excluding hydrogens is 330 g/mol. The third kappa shape index (κ3) is 4.33. The standard InChI is InChI=1S/C19H23N5O2/c1-14(2)26-18-5-3-15(4-6-18)7-8-21-19(25)23-9-10-24-17(13-23)11-16(12-20)22-24/h3-6,11,14H,7-10,13H2,1-2H3,(H,21,25). The molecule has 0 saturated carbocycles. The Kier molecular flexibility index (Phi) is 5.42. The highest BCUT2D eigenvalue weighted by Gasteiger charge is 2.21. The molecule has 1 aromatic carbocycles. The van der Waals surface area contributed by atoms with E-state index in [0.29, 0.717) is 31.9 Å². The number of benzene rings is 1. The molecule has 0 fully saturated rings. The van der Waals surface area contributed by atoms with Crippen molar-refractivity contribution >= 4 is 6.03 Å². The smallest absolute Gasteiger partial charge is 0.317 e. The summed E-state index contributed by atoms with van der Waals surface area (Å²) in [6.45, 7) is 6.24. The average Bonchev–Trinajstić information content (AvgIpc) is 3.05. The molecule has 0 aliphatic carbocycles. The highest BCUT2D eigenvalue weighted by molar-refractivity contribution is 5.74. The van der Waals surface area contributed by atoms with Gasteiger partial charge in [0.05, 0.1) is 24.9 Å². The van der Waals surface area contributed by atoms with Crippen molar-refractivity contribution in [3.05, 3.63) is 47.3 Å². The van der Waals surface area contributed by atoms with E-state index in [1.54, 1.807) is 15.6 Å². The minimum absolute atomic E-state index is 0.0873. The van der Waals surface area contributed by atoms with Gasteiger partial charge in [-0.05, 0) is 44.0 Å². The number of aromatic nitrogens is 2. The van der Waals surface area contributed by atoms with Crippen LogP contribution in [-0.2, 0) is 19.5 Å². The van der Waals surface area contributed by atoms with E-state index in [-0.39, 0.29) is 12.1 Å². The highest BCUT2D eigenvalue weighted by atomic mass is 16.5. The molecule has 1 aliphatic rings. The second-order valence-electron chi connectivity index (χ2n) is 6.57. The lowest BCUT2D eigenvalue weighted by molar-refractivity contribution is 0.181. The molecule has 1 aromatic heterocycles. The summed E-state index contributed by atoms with van der Waals surface area (Å²) < 4.78 is 7.42. The molecule has 136 valence electrons. The lowest BCUT2D eigenvalue weighted by Gasteiger charge is -2.27. The van der Waals surface area contributed by atoms with E-state index >= 15 is 0 Å². The first-order valence-corrected chi connectivity index (χ1v) is 8.80. The van der Waals surface area contributed by atoms with E-state index < -0.39 is 0 Å². The number of nitrogens with one attached hydrogen (secondary N) is 1. The van der Waals surface area contributed by atoms with Crippen LogP contribution in [0.15, 0.2) is 30.3 Å². The number of amides is 2. The topological polar surface area (TPSA) is 83.2 Å². The number of nitriles is 1. The molecule has 0 atom stereocenters. The average molecular weight is 353 g/mol.